The fourth-order valence-corrected chi connectivity index (χ4v) is 3.45. The predicted molar refractivity (Wildman–Crippen MR) is 102 cm³/mol. The highest BCUT2D eigenvalue weighted by Gasteiger charge is 2.39. The molecule has 6 heteroatoms. The highest BCUT2D eigenvalue weighted by atomic mass is 19.1. The summed E-state index contributed by atoms with van der Waals surface area (Å²) in [4.78, 5) is 24.4. The SMILES string of the molecule is CC1CC1C(=O)Nc1ccc(C(=O)Nc2ccc3c(c2F)CCNC3)cc1. The zero-order valence-electron chi connectivity index (χ0n) is 15.1. The number of benzene rings is 2. The van der Waals surface area contributed by atoms with Crippen molar-refractivity contribution < 1.29 is 14.0 Å². The lowest BCUT2D eigenvalue weighted by Gasteiger charge is -2.19. The molecule has 1 saturated carbocycles. The van der Waals surface area contributed by atoms with E-state index in [2.05, 4.69) is 16.0 Å². The molecule has 1 aliphatic heterocycles. The van der Waals surface area contributed by atoms with Crippen LogP contribution >= 0.6 is 0 Å². The zero-order chi connectivity index (χ0) is 19.0. The van der Waals surface area contributed by atoms with Gasteiger partial charge >= 0.3 is 0 Å². The molecule has 0 radical (unpaired) electrons. The maximum absolute atomic E-state index is 14.7. The van der Waals surface area contributed by atoms with Crippen molar-refractivity contribution in [1.29, 1.82) is 0 Å². The van der Waals surface area contributed by atoms with Crippen molar-refractivity contribution in [2.45, 2.75) is 26.3 Å². The third-order valence-electron chi connectivity index (χ3n) is 5.32. The molecule has 2 atom stereocenters. The van der Waals surface area contributed by atoms with Gasteiger partial charge in [0.15, 0.2) is 0 Å². The quantitative estimate of drug-likeness (QED) is 0.776. The van der Waals surface area contributed by atoms with Crippen molar-refractivity contribution in [3.05, 3.63) is 58.9 Å². The number of fused-ring (bicyclic) bond motifs is 1. The molecule has 0 spiro atoms. The average Bonchev–Trinajstić information content (AvgIpc) is 3.41. The molecular weight excluding hydrogens is 345 g/mol. The van der Waals surface area contributed by atoms with Gasteiger partial charge in [0.2, 0.25) is 5.91 Å². The Bertz CT molecular complexity index is 895. The molecule has 0 bridgehead atoms. The third-order valence-corrected chi connectivity index (χ3v) is 5.32. The number of anilines is 2. The number of nitrogens with one attached hydrogen (secondary N) is 3. The van der Waals surface area contributed by atoms with Gasteiger partial charge in [0.25, 0.3) is 5.91 Å². The number of hydrogen-bond donors (Lipinski definition) is 3. The van der Waals surface area contributed by atoms with Crippen LogP contribution in [0.25, 0.3) is 0 Å². The molecule has 0 saturated heterocycles. The summed E-state index contributed by atoms with van der Waals surface area (Å²) in [6.07, 6.45) is 1.54. The Labute approximate surface area is 157 Å². The average molecular weight is 367 g/mol. The number of hydrogen-bond acceptors (Lipinski definition) is 3. The van der Waals surface area contributed by atoms with Crippen LogP contribution in [0.2, 0.25) is 0 Å². The summed E-state index contributed by atoms with van der Waals surface area (Å²) in [6, 6.07) is 10.1. The first-order valence-electron chi connectivity index (χ1n) is 9.26. The second-order valence-corrected chi connectivity index (χ2v) is 7.33. The maximum Gasteiger partial charge on any atom is 0.255 e. The number of carbonyl (C=O) groups excluding carboxylic acids is 2. The first kappa shape index (κ1) is 17.7. The highest BCUT2D eigenvalue weighted by Crippen LogP contribution is 2.38. The molecule has 2 aromatic carbocycles. The van der Waals surface area contributed by atoms with E-state index in [0.29, 0.717) is 35.7 Å². The molecule has 1 aliphatic carbocycles. The lowest BCUT2D eigenvalue weighted by molar-refractivity contribution is -0.117. The summed E-state index contributed by atoms with van der Waals surface area (Å²) in [5.74, 6) is -0.181. The van der Waals surface area contributed by atoms with E-state index in [1.165, 1.54) is 0 Å². The Kier molecular flexibility index (Phi) is 4.66. The molecule has 5 nitrogen and oxygen atoms in total. The molecule has 4 rings (SSSR count). The molecule has 1 fully saturated rings. The maximum atomic E-state index is 14.7. The van der Waals surface area contributed by atoms with Crippen molar-refractivity contribution in [3.63, 3.8) is 0 Å². The topological polar surface area (TPSA) is 70.2 Å². The summed E-state index contributed by atoms with van der Waals surface area (Å²) in [5, 5.41) is 8.71. The van der Waals surface area contributed by atoms with E-state index in [0.717, 1.165) is 18.5 Å². The van der Waals surface area contributed by atoms with Gasteiger partial charge in [0.1, 0.15) is 5.82 Å². The number of carbonyl (C=O) groups is 2. The Morgan fingerprint density at radius 2 is 1.85 bits per heavy atom. The van der Waals surface area contributed by atoms with Gasteiger partial charge in [-0.05, 0) is 66.8 Å². The van der Waals surface area contributed by atoms with Crippen LogP contribution in [0.15, 0.2) is 36.4 Å². The van der Waals surface area contributed by atoms with Gasteiger partial charge in [0, 0.05) is 23.7 Å². The van der Waals surface area contributed by atoms with E-state index in [-0.39, 0.29) is 29.2 Å². The van der Waals surface area contributed by atoms with Crippen LogP contribution in [0.5, 0.6) is 0 Å². The lowest BCUT2D eigenvalue weighted by atomic mass is 9.99. The highest BCUT2D eigenvalue weighted by molar-refractivity contribution is 6.05. The van der Waals surface area contributed by atoms with Crippen molar-refractivity contribution >= 4 is 23.2 Å². The van der Waals surface area contributed by atoms with Gasteiger partial charge in [0.05, 0.1) is 5.69 Å². The Hall–Kier alpha value is -2.73. The van der Waals surface area contributed by atoms with E-state index in [1.54, 1.807) is 30.3 Å². The zero-order valence-corrected chi connectivity index (χ0v) is 15.1. The molecule has 3 N–H and O–H groups in total. The first-order valence-corrected chi connectivity index (χ1v) is 9.26. The Balaban J connectivity index is 1.43. The third kappa shape index (κ3) is 3.71. The fourth-order valence-electron chi connectivity index (χ4n) is 3.45. The molecule has 2 aliphatic rings. The van der Waals surface area contributed by atoms with Gasteiger partial charge in [-0.2, -0.15) is 0 Å². The summed E-state index contributed by atoms with van der Waals surface area (Å²) < 4.78 is 14.7. The summed E-state index contributed by atoms with van der Waals surface area (Å²) in [5.41, 5.74) is 2.86. The Morgan fingerprint density at radius 3 is 2.56 bits per heavy atom. The predicted octanol–water partition coefficient (Wildman–Crippen LogP) is 3.32. The van der Waals surface area contributed by atoms with Crippen molar-refractivity contribution in [2.75, 3.05) is 17.2 Å². The molecular formula is C21H22FN3O2. The second-order valence-electron chi connectivity index (χ2n) is 7.33. The summed E-state index contributed by atoms with van der Waals surface area (Å²) in [7, 11) is 0. The fraction of sp³-hybridized carbons (Fsp3) is 0.333. The minimum Gasteiger partial charge on any atom is -0.326 e. The van der Waals surface area contributed by atoms with E-state index >= 15 is 0 Å². The van der Waals surface area contributed by atoms with E-state index in [4.69, 9.17) is 0 Å². The largest absolute Gasteiger partial charge is 0.326 e. The molecule has 140 valence electrons. The van der Waals surface area contributed by atoms with Crippen LogP contribution in [-0.2, 0) is 17.8 Å². The summed E-state index contributed by atoms with van der Waals surface area (Å²) >= 11 is 0. The van der Waals surface area contributed by atoms with Crippen molar-refractivity contribution in [1.82, 2.24) is 5.32 Å². The summed E-state index contributed by atoms with van der Waals surface area (Å²) in [6.45, 7) is 3.43. The van der Waals surface area contributed by atoms with Crippen LogP contribution in [0.3, 0.4) is 0 Å². The number of amides is 2. The molecule has 2 aromatic rings. The second kappa shape index (κ2) is 7.12. The van der Waals surface area contributed by atoms with Crippen molar-refractivity contribution in [3.8, 4) is 0 Å². The van der Waals surface area contributed by atoms with Gasteiger partial charge in [-0.1, -0.05) is 13.0 Å². The van der Waals surface area contributed by atoms with Gasteiger partial charge in [-0.25, -0.2) is 4.39 Å². The monoisotopic (exact) mass is 367 g/mol. The molecule has 2 unspecified atom stereocenters. The van der Waals surface area contributed by atoms with Gasteiger partial charge in [-0.15, -0.1) is 0 Å². The van der Waals surface area contributed by atoms with Crippen LogP contribution in [0, 0.1) is 17.7 Å². The minimum atomic E-state index is -0.378. The van der Waals surface area contributed by atoms with Gasteiger partial charge in [-0.3, -0.25) is 9.59 Å². The molecule has 1 heterocycles. The number of rotatable bonds is 4. The van der Waals surface area contributed by atoms with Crippen LogP contribution in [-0.4, -0.2) is 18.4 Å². The Morgan fingerprint density at radius 1 is 1.11 bits per heavy atom. The first-order chi connectivity index (χ1) is 13.0. The number of halogens is 1. The standard InChI is InChI=1S/C21H22FN3O2/c1-12-10-17(12)21(27)24-15-5-2-13(3-6-15)20(26)25-18-7-4-14-11-23-9-8-16(14)19(18)22/h2-7,12,17,23H,8-11H2,1H3,(H,24,27)(H,25,26). The van der Waals surface area contributed by atoms with E-state index in [1.807, 2.05) is 13.0 Å². The minimum absolute atomic E-state index is 0.0188. The molecule has 27 heavy (non-hydrogen) atoms. The normalized spacial score (nSPS) is 20.5. The molecule has 0 aromatic heterocycles. The van der Waals surface area contributed by atoms with Crippen LogP contribution < -0.4 is 16.0 Å². The van der Waals surface area contributed by atoms with Crippen LogP contribution in [0.4, 0.5) is 15.8 Å². The smallest absolute Gasteiger partial charge is 0.255 e. The van der Waals surface area contributed by atoms with Gasteiger partial charge < -0.3 is 16.0 Å². The van der Waals surface area contributed by atoms with E-state index < -0.39 is 0 Å². The molecule has 2 amide bonds. The lowest BCUT2D eigenvalue weighted by Crippen LogP contribution is -2.25. The van der Waals surface area contributed by atoms with Crippen LogP contribution in [0.1, 0.15) is 34.8 Å². The van der Waals surface area contributed by atoms with Crippen molar-refractivity contribution in [2.24, 2.45) is 11.8 Å². The van der Waals surface area contributed by atoms with E-state index in [9.17, 15) is 14.0 Å².